The maximum Gasteiger partial charge on any atom is 0.247 e. The van der Waals surface area contributed by atoms with Gasteiger partial charge in [0.15, 0.2) is 5.82 Å². The number of halogens is 1. The van der Waals surface area contributed by atoms with Gasteiger partial charge < -0.3 is 47.6 Å². The van der Waals surface area contributed by atoms with Crippen LogP contribution in [0.2, 0.25) is 5.02 Å². The number of aliphatic imine (C=N–C) groups is 1. The summed E-state index contributed by atoms with van der Waals surface area (Å²) >= 11 is 10.4. The number of nitrogens with two attached hydrogens (primary N) is 1. The summed E-state index contributed by atoms with van der Waals surface area (Å²) in [7, 11) is 0. The Morgan fingerprint density at radius 3 is 2.27 bits per heavy atom. The third-order valence-electron chi connectivity index (χ3n) is 14.1. The van der Waals surface area contributed by atoms with Crippen molar-refractivity contribution < 1.29 is 43.5 Å². The van der Waals surface area contributed by atoms with Crippen LogP contribution in [-0.2, 0) is 38.4 Å². The van der Waals surface area contributed by atoms with Crippen LogP contribution >= 0.6 is 46.0 Å². The van der Waals surface area contributed by atoms with Crippen molar-refractivity contribution in [3.8, 4) is 15.4 Å². The van der Waals surface area contributed by atoms with E-state index in [4.69, 9.17) is 22.3 Å². The van der Waals surface area contributed by atoms with E-state index in [9.17, 15) is 43.5 Å². The molecule has 8 rings (SSSR count). The molecule has 7 atom stereocenters. The minimum atomic E-state index is -1.49. The normalized spacial score (nSPS) is 23.0. The number of carbonyl (C=O) groups is 8. The number of amides is 8. The zero-order valence-corrected chi connectivity index (χ0v) is 48.4. The standard InChI is InChI=1S/C54H64ClN13O9S3/c1-26-28(3)80-53-42(26)43(30-12-14-33(55)15-13-30)61-36(48-66-65-29(4)68(48)53)21-40(71)58-22-37-49(74)62-35(47(56)73)17-19-78-24-41(72)63-46(54(5,6)7)52(77)67-23-34(69)20-38(67)50(75)64-44(51(76)57-18-16-39(70)60-37)31-8-10-32(11-9-31)45-27(2)59-25-79-45/h8-15,25,34-38,44,46,69H,16-24H2,1-7H3,(H2,56,73)(H,57,76)(H,58,71)(H,60,70)(H,62,74)(H,63,72)(H,64,75)/t34-,35-,36+,37-,38+,44-,46-/m1/s1. The summed E-state index contributed by atoms with van der Waals surface area (Å²) in [5.74, 6) is -4.75. The monoisotopic (exact) mass is 1170 g/mol. The molecule has 6 heterocycles. The van der Waals surface area contributed by atoms with Crippen LogP contribution in [0.25, 0.3) is 15.4 Å². The van der Waals surface area contributed by atoms with Crippen LogP contribution in [0.1, 0.15) is 103 Å². The number of thiazole rings is 1. The number of benzene rings is 2. The first-order valence-corrected chi connectivity index (χ1v) is 29.2. The quantitative estimate of drug-likeness (QED) is 0.111. The van der Waals surface area contributed by atoms with Gasteiger partial charge in [0.1, 0.15) is 47.1 Å². The Hall–Kier alpha value is -7.06. The van der Waals surface area contributed by atoms with Crippen LogP contribution in [0.5, 0.6) is 0 Å². The summed E-state index contributed by atoms with van der Waals surface area (Å²) in [5, 5.41) is 37.4. The first kappa shape index (κ1) is 59.1. The van der Waals surface area contributed by atoms with Gasteiger partial charge in [-0.2, -0.15) is 11.8 Å². The number of thioether (sulfide) groups is 1. The lowest BCUT2D eigenvalue weighted by Gasteiger charge is -2.35. The van der Waals surface area contributed by atoms with Crippen LogP contribution in [0.3, 0.4) is 0 Å². The lowest BCUT2D eigenvalue weighted by Crippen LogP contribution is -2.58. The van der Waals surface area contributed by atoms with Crippen molar-refractivity contribution in [3.63, 3.8) is 0 Å². The number of aromatic nitrogens is 4. The second kappa shape index (κ2) is 25.2. The van der Waals surface area contributed by atoms with Gasteiger partial charge in [0.2, 0.25) is 47.3 Å². The highest BCUT2D eigenvalue weighted by Crippen LogP contribution is 2.40. The van der Waals surface area contributed by atoms with Crippen LogP contribution in [0.4, 0.5) is 0 Å². The summed E-state index contributed by atoms with van der Waals surface area (Å²) in [5.41, 5.74) is 11.8. The minimum Gasteiger partial charge on any atom is -0.391 e. The molecule has 0 aliphatic carbocycles. The number of nitrogens with one attached hydrogen (secondary N) is 6. The molecule has 0 radical (unpaired) electrons. The molecule has 424 valence electrons. The fraction of sp³-hybridized carbons (Fsp3) is 0.444. The Bertz CT molecular complexity index is 3230. The Labute approximate surface area is 479 Å². The third kappa shape index (κ3) is 13.6. The molecule has 0 unspecified atom stereocenters. The van der Waals surface area contributed by atoms with Crippen LogP contribution in [0, 0.1) is 33.1 Å². The van der Waals surface area contributed by atoms with Gasteiger partial charge in [-0.05, 0) is 74.1 Å². The van der Waals surface area contributed by atoms with E-state index in [2.05, 4.69) is 47.1 Å². The third-order valence-corrected chi connectivity index (χ3v) is 17.5. The maximum atomic E-state index is 14.4. The first-order valence-electron chi connectivity index (χ1n) is 25.9. The smallest absolute Gasteiger partial charge is 0.247 e. The average molecular weight is 1170 g/mol. The van der Waals surface area contributed by atoms with Gasteiger partial charge in [-0.15, -0.1) is 32.9 Å². The number of hydrogen-bond acceptors (Lipinski definition) is 16. The van der Waals surface area contributed by atoms with Gasteiger partial charge in [-0.1, -0.05) is 68.8 Å². The van der Waals surface area contributed by atoms with E-state index in [0.29, 0.717) is 27.9 Å². The molecular weight excluding hydrogens is 1110 g/mol. The minimum absolute atomic E-state index is 0.0445. The molecule has 80 heavy (non-hydrogen) atoms. The van der Waals surface area contributed by atoms with Crippen molar-refractivity contribution >= 4 is 99.0 Å². The predicted octanol–water partition coefficient (Wildman–Crippen LogP) is 3.19. The van der Waals surface area contributed by atoms with Crippen LogP contribution in [-0.4, -0.2) is 144 Å². The molecule has 22 nitrogen and oxygen atoms in total. The molecule has 26 heteroatoms. The summed E-state index contributed by atoms with van der Waals surface area (Å²) in [6, 6.07) is 6.69. The molecule has 3 aliphatic rings. The summed E-state index contributed by atoms with van der Waals surface area (Å²) in [6.07, 6.45) is -1.94. The largest absolute Gasteiger partial charge is 0.391 e. The number of aryl methyl sites for hydroxylation is 3. The van der Waals surface area contributed by atoms with Gasteiger partial charge in [0, 0.05) is 53.5 Å². The molecule has 0 spiro atoms. The van der Waals surface area contributed by atoms with Crippen molar-refractivity contribution in [1.82, 2.24) is 56.5 Å². The zero-order chi connectivity index (χ0) is 57.7. The molecule has 5 aromatic rings. The molecule has 2 saturated heterocycles. The molecular formula is C54H64ClN13O9S3. The van der Waals surface area contributed by atoms with Crippen molar-refractivity contribution in [2.24, 2.45) is 16.1 Å². The average Bonchev–Trinajstić information content (AvgIpc) is 4.30. The number of rotatable bonds is 8. The number of aliphatic hydroxyl groups excluding tert-OH is 1. The number of fused-ring (bicyclic) bond motifs is 4. The molecule has 3 aromatic heterocycles. The topological polar surface area (TPSA) is 314 Å². The Morgan fingerprint density at radius 2 is 1.60 bits per heavy atom. The highest BCUT2D eigenvalue weighted by Gasteiger charge is 2.45. The lowest BCUT2D eigenvalue weighted by molar-refractivity contribution is -0.144. The van der Waals surface area contributed by atoms with Crippen LogP contribution in [0.15, 0.2) is 59.0 Å². The van der Waals surface area contributed by atoms with Crippen molar-refractivity contribution in [3.05, 3.63) is 104 Å². The van der Waals surface area contributed by atoms with Gasteiger partial charge in [-0.3, -0.25) is 47.9 Å². The second-order valence-corrected chi connectivity index (χ2v) is 24.6. The number of hydrogen-bond donors (Lipinski definition) is 8. The number of aliphatic hydroxyl groups is 1. The van der Waals surface area contributed by atoms with E-state index in [-0.39, 0.29) is 43.9 Å². The number of nitrogens with zero attached hydrogens (tertiary/aromatic N) is 6. The molecule has 9 N–H and O–H groups in total. The molecule has 0 bridgehead atoms. The molecule has 8 amide bonds. The summed E-state index contributed by atoms with van der Waals surface area (Å²) in [4.78, 5) is 124. The highest BCUT2D eigenvalue weighted by atomic mass is 35.5. The Balaban J connectivity index is 1.05. The fourth-order valence-electron chi connectivity index (χ4n) is 9.66. The van der Waals surface area contributed by atoms with Gasteiger partial charge >= 0.3 is 0 Å². The number of thiophene rings is 1. The summed E-state index contributed by atoms with van der Waals surface area (Å²) in [6.45, 7) is 12.0. The highest BCUT2D eigenvalue weighted by molar-refractivity contribution is 7.99. The van der Waals surface area contributed by atoms with Gasteiger partial charge in [-0.25, -0.2) is 4.98 Å². The van der Waals surface area contributed by atoms with E-state index in [1.165, 1.54) is 16.2 Å². The van der Waals surface area contributed by atoms with E-state index in [0.717, 1.165) is 54.5 Å². The van der Waals surface area contributed by atoms with Crippen molar-refractivity contribution in [2.75, 3.05) is 31.1 Å². The van der Waals surface area contributed by atoms with Crippen molar-refractivity contribution in [2.45, 2.75) is 117 Å². The molecule has 0 saturated carbocycles. The van der Waals surface area contributed by atoms with Gasteiger partial charge in [0.05, 0.1) is 40.1 Å². The number of primary amides is 1. The molecule has 3 aliphatic heterocycles. The predicted molar refractivity (Wildman–Crippen MR) is 304 cm³/mol. The molecule has 2 fully saturated rings. The van der Waals surface area contributed by atoms with Gasteiger partial charge in [0.25, 0.3) is 0 Å². The summed E-state index contributed by atoms with van der Waals surface area (Å²) < 4.78 is 1.89. The first-order chi connectivity index (χ1) is 38.0. The van der Waals surface area contributed by atoms with E-state index in [1.54, 1.807) is 74.0 Å². The fourth-order valence-corrected chi connectivity index (χ4v) is 12.6. The Kier molecular flexibility index (Phi) is 18.6. The van der Waals surface area contributed by atoms with E-state index in [1.807, 2.05) is 44.4 Å². The second-order valence-electron chi connectivity index (χ2n) is 21.0. The van der Waals surface area contributed by atoms with Crippen molar-refractivity contribution in [1.29, 1.82) is 0 Å². The SMILES string of the molecule is Cc1ncsc1-c1ccc([C@H]2NC(=O)[C@@H]3C[C@@H](O)CN3C(=O)[C@H](C(C)(C)C)NC(=O)CSCC[C@H](C(N)=O)NC(=O)[C@@H](CNC(=O)C[C@@H]3N=C(c4ccc(Cl)cc4)c4c(sc(C)c4C)-n4c(C)nnc43)NC(=O)CCNC2=O)cc1. The Morgan fingerprint density at radius 1 is 0.887 bits per heavy atom. The molecule has 2 aromatic carbocycles. The number of carbonyl (C=O) groups excluding carboxylic acids is 8. The van der Waals surface area contributed by atoms with Crippen LogP contribution < -0.4 is 37.6 Å². The zero-order valence-electron chi connectivity index (χ0n) is 45.2. The van der Waals surface area contributed by atoms with E-state index < -0.39 is 108 Å². The maximum absolute atomic E-state index is 14.4. The lowest BCUT2D eigenvalue weighted by atomic mass is 9.85. The van der Waals surface area contributed by atoms with E-state index >= 15 is 0 Å².